The number of aromatic nitrogens is 2. The largest absolute Gasteiger partial charge is 0.497 e. The average molecular weight is 444 g/mol. The molecule has 1 fully saturated rings. The van der Waals surface area contributed by atoms with Crippen LogP contribution in [-0.2, 0) is 4.79 Å². The van der Waals surface area contributed by atoms with Crippen LogP contribution in [0.3, 0.4) is 0 Å². The highest BCUT2D eigenvalue weighted by Gasteiger charge is 2.21. The summed E-state index contributed by atoms with van der Waals surface area (Å²) in [6, 6.07) is 17.8. The third-order valence-electron chi connectivity index (χ3n) is 5.60. The molecule has 7 heteroatoms. The van der Waals surface area contributed by atoms with Crippen LogP contribution in [0.25, 0.3) is 6.08 Å². The van der Waals surface area contributed by atoms with Crippen molar-refractivity contribution in [3.8, 4) is 5.75 Å². The van der Waals surface area contributed by atoms with Crippen LogP contribution in [0.4, 0.5) is 17.5 Å². The fourth-order valence-corrected chi connectivity index (χ4v) is 3.68. The Bertz CT molecular complexity index is 1120. The van der Waals surface area contributed by atoms with Crippen LogP contribution in [0.1, 0.15) is 16.8 Å². The first-order valence-electron chi connectivity index (χ1n) is 11.1. The molecule has 170 valence electrons. The maximum Gasteiger partial charge on any atom is 0.246 e. The van der Waals surface area contributed by atoms with E-state index in [1.165, 1.54) is 5.56 Å². The zero-order valence-electron chi connectivity index (χ0n) is 19.3. The Hall–Kier alpha value is -3.87. The molecular weight excluding hydrogens is 414 g/mol. The Morgan fingerprint density at radius 1 is 0.970 bits per heavy atom. The molecular formula is C26H29N5O2. The van der Waals surface area contributed by atoms with Gasteiger partial charge in [-0.1, -0.05) is 29.8 Å². The first-order chi connectivity index (χ1) is 16.0. The molecule has 0 unspecified atom stereocenters. The molecule has 1 aliphatic heterocycles. The molecule has 1 aromatic heterocycles. The summed E-state index contributed by atoms with van der Waals surface area (Å²) in [6.07, 6.45) is 3.47. The normalized spacial score (nSPS) is 13.9. The number of amides is 1. The van der Waals surface area contributed by atoms with E-state index in [0.717, 1.165) is 41.6 Å². The average Bonchev–Trinajstić information content (AvgIpc) is 2.84. The first-order valence-corrected chi connectivity index (χ1v) is 11.1. The number of methoxy groups -OCH3 is 1. The van der Waals surface area contributed by atoms with Gasteiger partial charge in [0.2, 0.25) is 11.9 Å². The van der Waals surface area contributed by atoms with E-state index in [1.54, 1.807) is 13.2 Å². The molecule has 33 heavy (non-hydrogen) atoms. The lowest BCUT2D eigenvalue weighted by Crippen LogP contribution is -2.48. The Morgan fingerprint density at radius 2 is 1.67 bits per heavy atom. The second-order valence-electron chi connectivity index (χ2n) is 8.10. The van der Waals surface area contributed by atoms with Gasteiger partial charge in [0.15, 0.2) is 0 Å². The van der Waals surface area contributed by atoms with Crippen LogP contribution in [0.15, 0.2) is 60.7 Å². The standard InChI is InChI=1S/C26H29N5O2/c1-19-4-9-22(10-5-19)28-26-27-20(2)18-24(29-26)30-14-16-31(17-15-30)25(32)13-8-21-6-11-23(33-3)12-7-21/h4-13,18H,14-17H2,1-3H3,(H,27,28,29)/b13-8+. The molecule has 1 saturated heterocycles. The Morgan fingerprint density at radius 3 is 2.33 bits per heavy atom. The van der Waals surface area contributed by atoms with Gasteiger partial charge < -0.3 is 19.9 Å². The highest BCUT2D eigenvalue weighted by Crippen LogP contribution is 2.20. The van der Waals surface area contributed by atoms with E-state index >= 15 is 0 Å². The first kappa shape index (κ1) is 22.3. The predicted molar refractivity (Wildman–Crippen MR) is 132 cm³/mol. The number of hydrogen-bond donors (Lipinski definition) is 1. The number of ether oxygens (including phenoxy) is 1. The number of nitrogens with zero attached hydrogens (tertiary/aromatic N) is 4. The monoisotopic (exact) mass is 443 g/mol. The van der Waals surface area contributed by atoms with Gasteiger partial charge in [-0.05, 0) is 49.8 Å². The number of nitrogens with one attached hydrogen (secondary N) is 1. The van der Waals surface area contributed by atoms with E-state index in [4.69, 9.17) is 9.72 Å². The van der Waals surface area contributed by atoms with Crippen LogP contribution >= 0.6 is 0 Å². The molecule has 7 nitrogen and oxygen atoms in total. The smallest absolute Gasteiger partial charge is 0.246 e. The highest BCUT2D eigenvalue weighted by atomic mass is 16.5. The van der Waals surface area contributed by atoms with Gasteiger partial charge in [-0.15, -0.1) is 0 Å². The minimum atomic E-state index is 0.0195. The molecule has 0 radical (unpaired) electrons. The quantitative estimate of drug-likeness (QED) is 0.576. The van der Waals surface area contributed by atoms with Crippen molar-refractivity contribution in [1.82, 2.24) is 14.9 Å². The van der Waals surface area contributed by atoms with E-state index in [9.17, 15) is 4.79 Å². The van der Waals surface area contributed by atoms with Crippen molar-refractivity contribution < 1.29 is 9.53 Å². The second-order valence-corrected chi connectivity index (χ2v) is 8.10. The van der Waals surface area contributed by atoms with Crippen LogP contribution < -0.4 is 15.0 Å². The molecule has 1 N–H and O–H groups in total. The zero-order valence-corrected chi connectivity index (χ0v) is 19.3. The van der Waals surface area contributed by atoms with Gasteiger partial charge in [0.1, 0.15) is 11.6 Å². The maximum atomic E-state index is 12.6. The number of carbonyl (C=O) groups is 1. The fraction of sp³-hybridized carbons (Fsp3) is 0.269. The Balaban J connectivity index is 1.36. The summed E-state index contributed by atoms with van der Waals surface area (Å²) in [5.41, 5.74) is 4.03. The number of piperazine rings is 1. The molecule has 4 rings (SSSR count). The summed E-state index contributed by atoms with van der Waals surface area (Å²) >= 11 is 0. The van der Waals surface area contributed by atoms with E-state index in [2.05, 4.69) is 34.3 Å². The Labute approximate surface area is 194 Å². The van der Waals surface area contributed by atoms with Crippen LogP contribution in [-0.4, -0.2) is 54.1 Å². The van der Waals surface area contributed by atoms with Crippen molar-refractivity contribution in [3.05, 3.63) is 77.5 Å². The van der Waals surface area contributed by atoms with Gasteiger partial charge >= 0.3 is 0 Å². The number of rotatable bonds is 6. The number of hydrogen-bond acceptors (Lipinski definition) is 6. The third kappa shape index (κ3) is 5.88. The van der Waals surface area contributed by atoms with Crippen molar-refractivity contribution in [2.45, 2.75) is 13.8 Å². The topological polar surface area (TPSA) is 70.6 Å². The Kier molecular flexibility index (Phi) is 6.88. The molecule has 0 bridgehead atoms. The van der Waals surface area contributed by atoms with Crippen LogP contribution in [0.5, 0.6) is 5.75 Å². The SMILES string of the molecule is COc1ccc(/C=C/C(=O)N2CCN(c3cc(C)nc(Nc4ccc(C)cc4)n3)CC2)cc1. The summed E-state index contributed by atoms with van der Waals surface area (Å²) in [7, 11) is 1.64. The lowest BCUT2D eigenvalue weighted by molar-refractivity contribution is -0.126. The lowest BCUT2D eigenvalue weighted by atomic mass is 10.2. The van der Waals surface area contributed by atoms with E-state index in [-0.39, 0.29) is 5.91 Å². The van der Waals surface area contributed by atoms with Crippen molar-refractivity contribution in [2.24, 2.45) is 0 Å². The van der Waals surface area contributed by atoms with E-state index in [0.29, 0.717) is 19.0 Å². The van der Waals surface area contributed by atoms with Gasteiger partial charge in [0.25, 0.3) is 0 Å². The molecule has 3 aromatic rings. The predicted octanol–water partition coefficient (Wildman–Crippen LogP) is 4.21. The van der Waals surface area contributed by atoms with Gasteiger partial charge in [-0.25, -0.2) is 4.98 Å². The maximum absolute atomic E-state index is 12.6. The zero-order chi connectivity index (χ0) is 23.2. The molecule has 0 atom stereocenters. The number of carbonyl (C=O) groups excluding carboxylic acids is 1. The summed E-state index contributed by atoms with van der Waals surface area (Å²) in [6.45, 7) is 6.77. The molecule has 0 saturated carbocycles. The molecule has 0 spiro atoms. The van der Waals surface area contributed by atoms with Crippen molar-refractivity contribution in [3.63, 3.8) is 0 Å². The van der Waals surface area contributed by atoms with Gasteiger partial charge in [-0.2, -0.15) is 4.98 Å². The molecule has 1 aliphatic rings. The highest BCUT2D eigenvalue weighted by molar-refractivity contribution is 5.92. The minimum Gasteiger partial charge on any atom is -0.497 e. The van der Waals surface area contributed by atoms with Crippen molar-refractivity contribution >= 4 is 29.4 Å². The minimum absolute atomic E-state index is 0.0195. The summed E-state index contributed by atoms with van der Waals surface area (Å²) in [5, 5.41) is 3.29. The molecule has 1 amide bonds. The van der Waals surface area contributed by atoms with Crippen LogP contribution in [0.2, 0.25) is 0 Å². The van der Waals surface area contributed by atoms with Gasteiger partial charge in [0, 0.05) is 49.7 Å². The molecule has 2 heterocycles. The number of benzene rings is 2. The van der Waals surface area contributed by atoms with Gasteiger partial charge in [0.05, 0.1) is 7.11 Å². The fourth-order valence-electron chi connectivity index (χ4n) is 3.68. The molecule has 0 aliphatic carbocycles. The summed E-state index contributed by atoms with van der Waals surface area (Å²) < 4.78 is 5.17. The number of anilines is 3. The summed E-state index contributed by atoms with van der Waals surface area (Å²) in [5.74, 6) is 2.27. The van der Waals surface area contributed by atoms with Crippen molar-refractivity contribution in [1.29, 1.82) is 0 Å². The lowest BCUT2D eigenvalue weighted by Gasteiger charge is -2.35. The second kappa shape index (κ2) is 10.2. The van der Waals surface area contributed by atoms with E-state index < -0.39 is 0 Å². The van der Waals surface area contributed by atoms with Crippen molar-refractivity contribution in [2.75, 3.05) is 43.5 Å². The third-order valence-corrected chi connectivity index (χ3v) is 5.60. The van der Waals surface area contributed by atoms with Gasteiger partial charge in [-0.3, -0.25) is 4.79 Å². The summed E-state index contributed by atoms with van der Waals surface area (Å²) in [4.78, 5) is 25.9. The van der Waals surface area contributed by atoms with Crippen LogP contribution in [0, 0.1) is 13.8 Å². The van der Waals surface area contributed by atoms with E-state index in [1.807, 2.05) is 60.4 Å². The number of aryl methyl sites for hydroxylation is 2. The molecule has 2 aromatic carbocycles.